The summed E-state index contributed by atoms with van der Waals surface area (Å²) in [5, 5.41) is 6.06. The second-order valence-electron chi connectivity index (χ2n) is 6.81. The van der Waals surface area contributed by atoms with Crippen molar-refractivity contribution in [3.8, 4) is 5.75 Å². The fourth-order valence-corrected chi connectivity index (χ4v) is 3.28. The highest BCUT2D eigenvalue weighted by atomic mass is 16.5. The van der Waals surface area contributed by atoms with Crippen LogP contribution in [0.1, 0.15) is 27.2 Å². The number of carbonyl (C=O) groups is 1. The molecule has 3 aromatic carbocycles. The lowest BCUT2D eigenvalue weighted by Gasteiger charge is -2.17. The van der Waals surface area contributed by atoms with Gasteiger partial charge in [-0.05, 0) is 17.5 Å². The van der Waals surface area contributed by atoms with E-state index in [2.05, 4.69) is 19.0 Å². The highest BCUT2D eigenvalue weighted by molar-refractivity contribution is 6.15. The van der Waals surface area contributed by atoms with Crippen LogP contribution in [0.2, 0.25) is 0 Å². The van der Waals surface area contributed by atoms with Gasteiger partial charge >= 0.3 is 5.97 Å². The Balaban J connectivity index is 2.19. The van der Waals surface area contributed by atoms with E-state index in [1.54, 1.807) is 0 Å². The number of hydrogen-bond donors (Lipinski definition) is 0. The molecule has 4 heteroatoms. The normalized spacial score (nSPS) is 12.5. The summed E-state index contributed by atoms with van der Waals surface area (Å²) in [6, 6.07) is 14.8. The van der Waals surface area contributed by atoms with E-state index in [4.69, 9.17) is 4.74 Å². The number of hydrogen-bond acceptors (Lipinski definition) is 4. The molecule has 4 nitrogen and oxygen atoms in total. The van der Waals surface area contributed by atoms with Crippen LogP contribution in [0, 0.1) is 16.7 Å². The van der Waals surface area contributed by atoms with Gasteiger partial charge in [-0.1, -0.05) is 69.3 Å². The Morgan fingerprint density at radius 1 is 0.920 bits per heavy atom. The fraction of sp³-hybridized carbons (Fsp3) is 0.286. The lowest BCUT2D eigenvalue weighted by molar-refractivity contribution is -0.138. The first kappa shape index (κ1) is 17.1. The monoisotopic (exact) mass is 335 g/mol. The molecule has 3 rings (SSSR count). The Labute approximate surface area is 146 Å². The van der Waals surface area contributed by atoms with Crippen LogP contribution in [0.25, 0.3) is 21.5 Å². The molecule has 0 fully saturated rings. The minimum absolute atomic E-state index is 0.193. The van der Waals surface area contributed by atoms with Gasteiger partial charge < -0.3 is 4.74 Å². The Kier molecular flexibility index (Phi) is 4.79. The maximum Gasteiger partial charge on any atom is 0.314 e. The number of fused-ring (bicyclic) bond motifs is 2. The molecule has 1 atom stereocenters. The van der Waals surface area contributed by atoms with Crippen LogP contribution in [0.15, 0.2) is 53.7 Å². The number of ether oxygens (including phenoxy) is 1. The van der Waals surface area contributed by atoms with E-state index in [9.17, 15) is 9.70 Å². The molecule has 128 valence electrons. The largest absolute Gasteiger partial charge is 0.425 e. The molecule has 0 aliphatic heterocycles. The summed E-state index contributed by atoms with van der Waals surface area (Å²) >= 11 is 0. The van der Waals surface area contributed by atoms with Crippen LogP contribution in [-0.2, 0) is 4.79 Å². The van der Waals surface area contributed by atoms with Gasteiger partial charge in [-0.25, -0.2) is 0 Å². The Morgan fingerprint density at radius 3 is 1.84 bits per heavy atom. The summed E-state index contributed by atoms with van der Waals surface area (Å²) in [5.74, 6) is 0.467. The molecule has 0 N–H and O–H groups in total. The van der Waals surface area contributed by atoms with Crippen molar-refractivity contribution in [2.24, 2.45) is 17.0 Å². The van der Waals surface area contributed by atoms with Crippen molar-refractivity contribution >= 4 is 33.2 Å². The lowest BCUT2D eigenvalue weighted by Crippen LogP contribution is -2.19. The van der Waals surface area contributed by atoms with Crippen LogP contribution < -0.4 is 4.74 Å². The minimum Gasteiger partial charge on any atom is -0.425 e. The highest BCUT2D eigenvalue weighted by Gasteiger charge is 2.21. The average Bonchev–Trinajstić information content (AvgIpc) is 2.61. The Bertz CT molecular complexity index is 889. The van der Waals surface area contributed by atoms with E-state index in [-0.39, 0.29) is 11.9 Å². The third-order valence-electron chi connectivity index (χ3n) is 4.37. The van der Waals surface area contributed by atoms with Gasteiger partial charge in [-0.15, -0.1) is 4.91 Å². The van der Waals surface area contributed by atoms with Crippen molar-refractivity contribution in [2.45, 2.75) is 27.2 Å². The van der Waals surface area contributed by atoms with Crippen LogP contribution in [0.4, 0.5) is 5.69 Å². The molecular formula is C21H21NO3. The Hall–Kier alpha value is -2.75. The zero-order valence-corrected chi connectivity index (χ0v) is 14.7. The lowest BCUT2D eigenvalue weighted by atomic mass is 9.98. The maximum atomic E-state index is 12.6. The average molecular weight is 335 g/mol. The number of nitroso groups, excluding NO2 is 1. The van der Waals surface area contributed by atoms with Gasteiger partial charge in [0.25, 0.3) is 0 Å². The summed E-state index contributed by atoms with van der Waals surface area (Å²) in [4.78, 5) is 24.0. The fourth-order valence-electron chi connectivity index (χ4n) is 3.28. The van der Waals surface area contributed by atoms with Gasteiger partial charge in [-0.2, -0.15) is 0 Å². The van der Waals surface area contributed by atoms with E-state index >= 15 is 0 Å². The molecule has 0 saturated carbocycles. The molecule has 25 heavy (non-hydrogen) atoms. The predicted octanol–water partition coefficient (Wildman–Crippen LogP) is 5.98. The van der Waals surface area contributed by atoms with Crippen LogP contribution in [0.3, 0.4) is 0 Å². The van der Waals surface area contributed by atoms with E-state index in [1.807, 2.05) is 55.5 Å². The van der Waals surface area contributed by atoms with Crippen molar-refractivity contribution in [3.05, 3.63) is 53.4 Å². The van der Waals surface area contributed by atoms with Gasteiger partial charge in [0.1, 0.15) is 11.4 Å². The van der Waals surface area contributed by atoms with Gasteiger partial charge in [0.15, 0.2) is 0 Å². The summed E-state index contributed by atoms with van der Waals surface area (Å²) in [6.45, 7) is 6.05. The van der Waals surface area contributed by atoms with Crippen LogP contribution >= 0.6 is 0 Å². The molecule has 0 bridgehead atoms. The SMILES string of the molecule is CC(C)CC(C)C(=O)Oc1c2ccccc2c(N=O)c2ccccc12. The zero-order chi connectivity index (χ0) is 18.0. The second-order valence-corrected chi connectivity index (χ2v) is 6.81. The summed E-state index contributed by atoms with van der Waals surface area (Å²) < 4.78 is 5.82. The summed E-state index contributed by atoms with van der Waals surface area (Å²) in [5.41, 5.74) is 0.376. The first-order valence-corrected chi connectivity index (χ1v) is 8.51. The molecule has 1 unspecified atom stereocenters. The predicted molar refractivity (Wildman–Crippen MR) is 101 cm³/mol. The molecule has 0 radical (unpaired) electrons. The number of benzene rings is 3. The highest BCUT2D eigenvalue weighted by Crippen LogP contribution is 2.42. The van der Waals surface area contributed by atoms with E-state index in [0.29, 0.717) is 28.1 Å². The standard InChI is InChI=1S/C21H21NO3/c1-13(2)12-14(3)21(23)25-20-17-10-6-4-8-15(17)19(22-24)16-9-5-7-11-18(16)20/h4-11,13-14H,12H2,1-3H3. The summed E-state index contributed by atoms with van der Waals surface area (Å²) in [7, 11) is 0. The molecule has 0 aromatic heterocycles. The van der Waals surface area contributed by atoms with E-state index < -0.39 is 0 Å². The van der Waals surface area contributed by atoms with Gasteiger partial charge in [0.05, 0.1) is 5.92 Å². The third-order valence-corrected chi connectivity index (χ3v) is 4.37. The van der Waals surface area contributed by atoms with Crippen molar-refractivity contribution < 1.29 is 9.53 Å². The number of esters is 1. The van der Waals surface area contributed by atoms with Gasteiger partial charge in [0.2, 0.25) is 0 Å². The van der Waals surface area contributed by atoms with Crippen molar-refractivity contribution in [2.75, 3.05) is 0 Å². The van der Waals surface area contributed by atoms with Gasteiger partial charge in [-0.3, -0.25) is 4.79 Å². The quantitative estimate of drug-likeness (QED) is 0.249. The second kappa shape index (κ2) is 7.01. The molecular weight excluding hydrogens is 314 g/mol. The van der Waals surface area contributed by atoms with Crippen molar-refractivity contribution in [3.63, 3.8) is 0 Å². The number of nitrogens with zero attached hydrogens (tertiary/aromatic N) is 1. The third kappa shape index (κ3) is 3.25. The van der Waals surface area contributed by atoms with Crippen LogP contribution in [-0.4, -0.2) is 5.97 Å². The number of carbonyl (C=O) groups excluding carboxylic acids is 1. The smallest absolute Gasteiger partial charge is 0.314 e. The van der Waals surface area contributed by atoms with Crippen molar-refractivity contribution in [1.82, 2.24) is 0 Å². The molecule has 3 aromatic rings. The van der Waals surface area contributed by atoms with E-state index in [1.165, 1.54) is 0 Å². The molecule has 0 amide bonds. The topological polar surface area (TPSA) is 55.7 Å². The molecule has 0 aliphatic carbocycles. The van der Waals surface area contributed by atoms with Gasteiger partial charge in [0, 0.05) is 21.5 Å². The summed E-state index contributed by atoms with van der Waals surface area (Å²) in [6.07, 6.45) is 0.767. The first-order valence-electron chi connectivity index (χ1n) is 8.51. The van der Waals surface area contributed by atoms with Crippen LogP contribution in [0.5, 0.6) is 5.75 Å². The number of rotatable bonds is 5. The van der Waals surface area contributed by atoms with E-state index in [0.717, 1.165) is 17.2 Å². The zero-order valence-electron chi connectivity index (χ0n) is 14.7. The molecule has 0 spiro atoms. The Morgan fingerprint density at radius 2 is 1.40 bits per heavy atom. The molecule has 0 saturated heterocycles. The first-order chi connectivity index (χ1) is 12.0. The minimum atomic E-state index is -0.254. The molecule has 0 heterocycles. The molecule has 0 aliphatic rings. The maximum absolute atomic E-state index is 12.6. The van der Waals surface area contributed by atoms with Crippen molar-refractivity contribution in [1.29, 1.82) is 0 Å².